The summed E-state index contributed by atoms with van der Waals surface area (Å²) in [4.78, 5) is 9.05. The minimum absolute atomic E-state index is 0.810. The van der Waals surface area contributed by atoms with Gasteiger partial charge >= 0.3 is 0 Å². The Bertz CT molecular complexity index is 942. The van der Waals surface area contributed by atoms with Crippen molar-refractivity contribution in [3.63, 3.8) is 0 Å². The van der Waals surface area contributed by atoms with Crippen LogP contribution in [0.15, 0.2) is 32.7 Å². The molecule has 11 nitrogen and oxygen atoms in total. The molecule has 0 fully saturated rings. The Morgan fingerprint density at radius 2 is 0.861 bits per heavy atom. The van der Waals surface area contributed by atoms with Gasteiger partial charge in [0.15, 0.2) is 15.0 Å². The van der Waals surface area contributed by atoms with Crippen molar-refractivity contribution in [2.75, 3.05) is 113 Å². The second-order valence-electron chi connectivity index (χ2n) is 10.2. The summed E-state index contributed by atoms with van der Waals surface area (Å²) in [5, 5.41) is 0. The largest absolute Gasteiger partial charge is 0.349 e. The smallest absolute Gasteiger partial charge is 0.200 e. The van der Waals surface area contributed by atoms with E-state index in [1.54, 1.807) is 0 Å². The van der Waals surface area contributed by atoms with Gasteiger partial charge in [-0.25, -0.2) is 14.5 Å². The topological polar surface area (TPSA) is 63.0 Å². The van der Waals surface area contributed by atoms with Crippen molar-refractivity contribution in [1.29, 1.82) is 0 Å². The van der Waals surface area contributed by atoms with Crippen LogP contribution in [-0.2, 0) is 0 Å². The second kappa shape index (κ2) is 13.0. The maximum atomic E-state index is 5.44. The molecular formula is C23H51N11P2. The maximum Gasteiger partial charge on any atom is 0.200 e. The molecule has 0 spiro atoms. The molecule has 0 atom stereocenters. The molecule has 36 heavy (non-hydrogen) atoms. The van der Waals surface area contributed by atoms with Crippen LogP contribution in [-0.4, -0.2) is 157 Å². The van der Waals surface area contributed by atoms with Crippen LogP contribution in [0, 0.1) is 0 Å². The van der Waals surface area contributed by atoms with Crippen molar-refractivity contribution in [2.45, 2.75) is 0 Å². The highest BCUT2D eigenvalue weighted by Gasteiger charge is 2.30. The van der Waals surface area contributed by atoms with Crippen molar-refractivity contribution in [3.8, 4) is 0 Å². The molecule has 1 rings (SSSR count). The van der Waals surface area contributed by atoms with Crippen molar-refractivity contribution in [1.82, 2.24) is 37.8 Å². The summed E-state index contributed by atoms with van der Waals surface area (Å²) in [5.41, 5.74) is 2.50. The van der Waals surface area contributed by atoms with Gasteiger partial charge in [-0.15, -0.1) is 0 Å². The van der Waals surface area contributed by atoms with Crippen LogP contribution in [0.25, 0.3) is 0 Å². The molecule has 0 aliphatic carbocycles. The normalized spacial score (nSPS) is 12.8. The molecule has 0 unspecified atom stereocenters. The van der Waals surface area contributed by atoms with E-state index >= 15 is 0 Å². The molecule has 0 aliphatic heterocycles. The molecular weight excluding hydrogens is 492 g/mol. The van der Waals surface area contributed by atoms with Crippen LogP contribution >= 0.6 is 15.0 Å². The lowest BCUT2D eigenvalue weighted by molar-refractivity contribution is 0.474. The van der Waals surface area contributed by atoms with Gasteiger partial charge < -0.3 is 9.80 Å². The summed E-state index contributed by atoms with van der Waals surface area (Å²) in [6.07, 6.45) is 0. The van der Waals surface area contributed by atoms with Crippen molar-refractivity contribution < 1.29 is 0 Å². The first-order valence-electron chi connectivity index (χ1n) is 11.8. The number of hydrogen-bond donors (Lipinski definition) is 0. The third kappa shape index (κ3) is 6.77. The summed E-state index contributed by atoms with van der Waals surface area (Å²) in [6, 6.07) is 6.17. The zero-order valence-electron chi connectivity index (χ0n) is 25.5. The number of rotatable bonds is 9. The molecule has 0 bridgehead atoms. The number of nitrogens with zero attached hydrogens (tertiary/aromatic N) is 11. The van der Waals surface area contributed by atoms with Gasteiger partial charge in [0, 0.05) is 28.2 Å². The predicted molar refractivity (Wildman–Crippen MR) is 161 cm³/mol. The summed E-state index contributed by atoms with van der Waals surface area (Å²) in [7, 11) is 28.7. The average Bonchev–Trinajstić information content (AvgIpc) is 2.72. The average molecular weight is 544 g/mol. The van der Waals surface area contributed by atoms with Gasteiger partial charge in [-0.3, -0.25) is 28.0 Å². The SMILES string of the molecule is CN(C)C(=Nc1ccc(N=P(N(C)C)(N(C)C)N(C)C)cc1N=P(N(C)C)(N(C)C)N(C)C)N(C)C. The number of hydrogen-bond acceptors (Lipinski definition) is 3. The fourth-order valence-electron chi connectivity index (χ4n) is 4.44. The molecule has 0 aliphatic rings. The van der Waals surface area contributed by atoms with Gasteiger partial charge in [0.05, 0.1) is 17.1 Å². The fourth-order valence-corrected chi connectivity index (χ4v) is 10.7. The second-order valence-corrected chi connectivity index (χ2v) is 17.6. The first-order valence-corrected chi connectivity index (χ1v) is 15.0. The Morgan fingerprint density at radius 3 is 1.19 bits per heavy atom. The highest BCUT2D eigenvalue weighted by Crippen LogP contribution is 2.60. The van der Waals surface area contributed by atoms with E-state index in [1.807, 2.05) is 50.1 Å². The molecule has 0 radical (unpaired) electrons. The lowest BCUT2D eigenvalue weighted by atomic mass is 10.2. The van der Waals surface area contributed by atoms with E-state index in [2.05, 4.69) is 119 Å². The minimum Gasteiger partial charge on any atom is -0.349 e. The highest BCUT2D eigenvalue weighted by molar-refractivity contribution is 7.59. The first kappa shape index (κ1) is 32.7. The van der Waals surface area contributed by atoms with E-state index in [0.29, 0.717) is 0 Å². The third-order valence-electron chi connectivity index (χ3n) is 5.69. The minimum atomic E-state index is -2.22. The Hall–Kier alpha value is -1.29. The Morgan fingerprint density at radius 1 is 0.500 bits per heavy atom. The van der Waals surface area contributed by atoms with E-state index in [1.165, 1.54) is 0 Å². The fraction of sp³-hybridized carbons (Fsp3) is 0.696. The molecule has 1 aromatic rings. The number of guanidine groups is 1. The van der Waals surface area contributed by atoms with E-state index in [-0.39, 0.29) is 0 Å². The van der Waals surface area contributed by atoms with Crippen LogP contribution < -0.4 is 0 Å². The molecule has 1 aromatic carbocycles. The van der Waals surface area contributed by atoms with Gasteiger partial charge in [0.1, 0.15) is 0 Å². The van der Waals surface area contributed by atoms with Crippen LogP contribution in [0.3, 0.4) is 0 Å². The Labute approximate surface area is 221 Å². The summed E-state index contributed by atoms with van der Waals surface area (Å²) in [6.45, 7) is 0. The zero-order valence-corrected chi connectivity index (χ0v) is 27.3. The van der Waals surface area contributed by atoms with E-state index in [0.717, 1.165) is 23.0 Å². The van der Waals surface area contributed by atoms with E-state index in [9.17, 15) is 0 Å². The molecule has 0 saturated heterocycles. The molecule has 0 saturated carbocycles. The van der Waals surface area contributed by atoms with Crippen LogP contribution in [0.1, 0.15) is 0 Å². The quantitative estimate of drug-likeness (QED) is 0.259. The molecule has 0 aromatic heterocycles. The van der Waals surface area contributed by atoms with Gasteiger partial charge in [-0.1, -0.05) is 0 Å². The summed E-state index contributed by atoms with van der Waals surface area (Å²) in [5.74, 6) is 0.844. The lowest BCUT2D eigenvalue weighted by Crippen LogP contribution is -2.35. The molecule has 0 heterocycles. The van der Waals surface area contributed by atoms with Crippen molar-refractivity contribution in [3.05, 3.63) is 18.2 Å². The molecule has 0 N–H and O–H groups in total. The Kier molecular flexibility index (Phi) is 11.8. The van der Waals surface area contributed by atoms with Crippen molar-refractivity contribution >= 4 is 38.0 Å². The van der Waals surface area contributed by atoms with Crippen molar-refractivity contribution in [2.24, 2.45) is 14.5 Å². The standard InChI is InChI=1S/C23H51N11P2/c1-27(2)23(28(3)4)24-21-18-17-20(25-35(29(5)6,30(7)8)31(9)10)19-22(21)26-36(32(11)12,33(13)14)34(15)16/h17-19H,1-16H3. The Balaban J connectivity index is 4.22. The zero-order chi connectivity index (χ0) is 28.2. The molecule has 208 valence electrons. The van der Waals surface area contributed by atoms with Gasteiger partial charge in [0.2, 0.25) is 5.96 Å². The van der Waals surface area contributed by atoms with Crippen LogP contribution in [0.2, 0.25) is 0 Å². The van der Waals surface area contributed by atoms with Gasteiger partial charge in [-0.2, -0.15) is 0 Å². The van der Waals surface area contributed by atoms with Crippen LogP contribution in [0.5, 0.6) is 0 Å². The first-order chi connectivity index (χ1) is 16.4. The molecule has 0 amide bonds. The summed E-state index contributed by atoms with van der Waals surface area (Å²) < 4.78 is 24.0. The maximum absolute atomic E-state index is 5.44. The van der Waals surface area contributed by atoms with E-state index in [4.69, 9.17) is 14.5 Å². The summed E-state index contributed by atoms with van der Waals surface area (Å²) >= 11 is 0. The number of aliphatic imine (C=N–C) groups is 1. The number of benzene rings is 1. The monoisotopic (exact) mass is 543 g/mol. The highest BCUT2D eigenvalue weighted by atomic mass is 31.2. The predicted octanol–water partition coefficient (Wildman–Crippen LogP) is 4.32. The van der Waals surface area contributed by atoms with E-state index < -0.39 is 15.0 Å². The third-order valence-corrected chi connectivity index (χ3v) is 13.1. The van der Waals surface area contributed by atoms with Gasteiger partial charge in [-0.05, 0) is 103 Å². The lowest BCUT2D eigenvalue weighted by Gasteiger charge is -2.41. The van der Waals surface area contributed by atoms with Gasteiger partial charge in [0.25, 0.3) is 0 Å². The molecule has 13 heteroatoms. The van der Waals surface area contributed by atoms with Crippen LogP contribution in [0.4, 0.5) is 17.1 Å².